The number of anilines is 1. The number of nitrogens with one attached hydrogen (secondary N) is 2. The highest BCUT2D eigenvalue weighted by atomic mass is 32.2. The molecule has 8 heteroatoms. The summed E-state index contributed by atoms with van der Waals surface area (Å²) in [5.74, 6) is -0.408. The summed E-state index contributed by atoms with van der Waals surface area (Å²) < 4.78 is 29.6. The summed E-state index contributed by atoms with van der Waals surface area (Å²) in [6.07, 6.45) is 0. The van der Waals surface area contributed by atoms with Crippen molar-refractivity contribution >= 4 is 23.4 Å². The molecule has 162 valence electrons. The van der Waals surface area contributed by atoms with Gasteiger partial charge in [-0.2, -0.15) is 8.78 Å². The Bertz CT molecular complexity index is 1130. The Hall–Kier alpha value is -3.65. The van der Waals surface area contributed by atoms with E-state index in [-0.39, 0.29) is 23.1 Å². The Morgan fingerprint density at radius 3 is 2.25 bits per heavy atom. The molecule has 0 spiro atoms. The lowest BCUT2D eigenvalue weighted by atomic mass is 10.1. The molecule has 0 radical (unpaired) electrons. The molecule has 0 aliphatic carbocycles. The summed E-state index contributed by atoms with van der Waals surface area (Å²) >= 11 is 1.22. The Labute approximate surface area is 187 Å². The second-order valence-electron chi connectivity index (χ2n) is 6.71. The first kappa shape index (κ1) is 21.6. The summed E-state index contributed by atoms with van der Waals surface area (Å²) in [6.45, 7) is -2.97. The summed E-state index contributed by atoms with van der Waals surface area (Å²) in [5.41, 5.74) is 3.77. The van der Waals surface area contributed by atoms with Crippen molar-refractivity contribution in [1.29, 1.82) is 0 Å². The van der Waals surface area contributed by atoms with Gasteiger partial charge in [-0.3, -0.25) is 4.79 Å². The van der Waals surface area contributed by atoms with E-state index < -0.39 is 6.61 Å². The van der Waals surface area contributed by atoms with Crippen LogP contribution in [0.2, 0.25) is 0 Å². The highest BCUT2D eigenvalue weighted by Gasteiger charge is 2.16. The molecule has 0 aliphatic heterocycles. The maximum absolute atomic E-state index is 12.6. The second-order valence-corrected chi connectivity index (χ2v) is 7.67. The first-order valence-electron chi connectivity index (χ1n) is 9.77. The van der Waals surface area contributed by atoms with E-state index in [0.29, 0.717) is 5.16 Å². The number of ether oxygens (including phenoxy) is 1. The molecule has 0 aliphatic rings. The highest BCUT2D eigenvalue weighted by Crippen LogP contribution is 2.33. The van der Waals surface area contributed by atoms with Gasteiger partial charge in [0.25, 0.3) is 0 Å². The van der Waals surface area contributed by atoms with Gasteiger partial charge in [-0.25, -0.2) is 4.98 Å². The second kappa shape index (κ2) is 10.1. The van der Waals surface area contributed by atoms with Crippen LogP contribution in [0.25, 0.3) is 22.5 Å². The number of rotatable bonds is 8. The molecule has 5 nitrogen and oxygen atoms in total. The molecular formula is C24H19F2N3O2S. The molecular weight excluding hydrogens is 432 g/mol. The molecule has 0 saturated carbocycles. The fourth-order valence-corrected chi connectivity index (χ4v) is 3.80. The smallest absolute Gasteiger partial charge is 0.387 e. The molecule has 0 saturated heterocycles. The number of nitrogens with zero attached hydrogens (tertiary/aromatic N) is 1. The zero-order chi connectivity index (χ0) is 22.3. The normalized spacial score (nSPS) is 10.8. The fourth-order valence-electron chi connectivity index (χ4n) is 3.13. The molecule has 32 heavy (non-hydrogen) atoms. The monoisotopic (exact) mass is 451 g/mol. The lowest BCUT2D eigenvalue weighted by Gasteiger charge is -2.11. The number of para-hydroxylation sites is 2. The number of carbonyl (C=O) groups excluding carboxylic acids is 1. The molecule has 0 unspecified atom stereocenters. The molecule has 0 atom stereocenters. The number of thioether (sulfide) groups is 1. The lowest BCUT2D eigenvalue weighted by Crippen LogP contribution is -2.15. The van der Waals surface area contributed by atoms with Crippen molar-refractivity contribution < 1.29 is 18.3 Å². The van der Waals surface area contributed by atoms with Crippen LogP contribution in [0, 0.1) is 0 Å². The Morgan fingerprint density at radius 2 is 1.56 bits per heavy atom. The van der Waals surface area contributed by atoms with E-state index in [2.05, 4.69) is 15.0 Å². The molecule has 0 fully saturated rings. The number of H-pyrrole nitrogens is 1. The number of carbonyl (C=O) groups is 1. The Kier molecular flexibility index (Phi) is 6.81. The van der Waals surface area contributed by atoms with Gasteiger partial charge in [-0.1, -0.05) is 84.6 Å². The largest absolute Gasteiger partial charge is 0.433 e. The minimum atomic E-state index is -2.97. The van der Waals surface area contributed by atoms with Gasteiger partial charge < -0.3 is 15.0 Å². The van der Waals surface area contributed by atoms with Crippen molar-refractivity contribution in [3.05, 3.63) is 84.9 Å². The number of hydrogen-bond acceptors (Lipinski definition) is 4. The molecule has 0 bridgehead atoms. The van der Waals surface area contributed by atoms with Gasteiger partial charge in [0.05, 0.1) is 22.8 Å². The average Bonchev–Trinajstić information content (AvgIpc) is 3.24. The molecule has 1 aromatic heterocycles. The third-order valence-electron chi connectivity index (χ3n) is 4.51. The van der Waals surface area contributed by atoms with E-state index in [1.54, 1.807) is 12.1 Å². The summed E-state index contributed by atoms with van der Waals surface area (Å²) in [7, 11) is 0. The Balaban J connectivity index is 1.51. The molecule has 4 aromatic rings. The SMILES string of the molecule is O=C(CSc1nc(-c2ccccc2)c(-c2ccccc2)[nH]1)Nc1ccccc1OC(F)F. The predicted molar refractivity (Wildman–Crippen MR) is 122 cm³/mol. The van der Waals surface area contributed by atoms with Crippen molar-refractivity contribution in [3.63, 3.8) is 0 Å². The van der Waals surface area contributed by atoms with Crippen molar-refractivity contribution in [2.45, 2.75) is 11.8 Å². The van der Waals surface area contributed by atoms with Crippen LogP contribution in [0.4, 0.5) is 14.5 Å². The van der Waals surface area contributed by atoms with Gasteiger partial charge in [0.2, 0.25) is 5.91 Å². The van der Waals surface area contributed by atoms with Gasteiger partial charge >= 0.3 is 6.61 Å². The number of alkyl halides is 2. The number of aromatic nitrogens is 2. The van der Waals surface area contributed by atoms with Crippen LogP contribution >= 0.6 is 11.8 Å². The van der Waals surface area contributed by atoms with Crippen LogP contribution < -0.4 is 10.1 Å². The number of amides is 1. The van der Waals surface area contributed by atoms with Crippen molar-refractivity contribution in [2.75, 3.05) is 11.1 Å². The van der Waals surface area contributed by atoms with E-state index in [1.807, 2.05) is 60.7 Å². The van der Waals surface area contributed by atoms with Gasteiger partial charge in [-0.05, 0) is 12.1 Å². The third kappa shape index (κ3) is 5.33. The minimum absolute atomic E-state index is 0.0407. The van der Waals surface area contributed by atoms with Crippen LogP contribution in [0.15, 0.2) is 90.1 Å². The maximum Gasteiger partial charge on any atom is 0.387 e. The highest BCUT2D eigenvalue weighted by molar-refractivity contribution is 7.99. The number of imidazole rings is 1. The van der Waals surface area contributed by atoms with E-state index >= 15 is 0 Å². The summed E-state index contributed by atoms with van der Waals surface area (Å²) in [5, 5.41) is 3.19. The maximum atomic E-state index is 12.6. The van der Waals surface area contributed by atoms with Crippen molar-refractivity contribution in [2.24, 2.45) is 0 Å². The number of benzene rings is 3. The summed E-state index contributed by atoms with van der Waals surface area (Å²) in [6, 6.07) is 25.7. The number of aromatic amines is 1. The zero-order valence-corrected chi connectivity index (χ0v) is 17.6. The molecule has 2 N–H and O–H groups in total. The first-order valence-corrected chi connectivity index (χ1v) is 10.8. The Morgan fingerprint density at radius 1 is 0.938 bits per heavy atom. The van der Waals surface area contributed by atoms with Gasteiger partial charge in [-0.15, -0.1) is 0 Å². The average molecular weight is 451 g/mol. The number of hydrogen-bond donors (Lipinski definition) is 2. The molecule has 3 aromatic carbocycles. The quantitative estimate of drug-likeness (QED) is 0.319. The molecule has 1 amide bonds. The van der Waals surface area contributed by atoms with Crippen LogP contribution in [-0.2, 0) is 4.79 Å². The molecule has 1 heterocycles. The van der Waals surface area contributed by atoms with Crippen LogP contribution in [-0.4, -0.2) is 28.2 Å². The van der Waals surface area contributed by atoms with E-state index in [9.17, 15) is 13.6 Å². The van der Waals surface area contributed by atoms with E-state index in [0.717, 1.165) is 22.5 Å². The topological polar surface area (TPSA) is 67.0 Å². The lowest BCUT2D eigenvalue weighted by molar-refractivity contribution is -0.113. The van der Waals surface area contributed by atoms with Crippen LogP contribution in [0.1, 0.15) is 0 Å². The van der Waals surface area contributed by atoms with E-state index in [4.69, 9.17) is 4.98 Å². The van der Waals surface area contributed by atoms with Gasteiger partial charge in [0.15, 0.2) is 5.16 Å². The number of halogens is 2. The zero-order valence-electron chi connectivity index (χ0n) is 16.8. The summed E-state index contributed by atoms with van der Waals surface area (Å²) in [4.78, 5) is 20.4. The van der Waals surface area contributed by atoms with Crippen LogP contribution in [0.3, 0.4) is 0 Å². The van der Waals surface area contributed by atoms with Crippen LogP contribution in [0.5, 0.6) is 5.75 Å². The van der Waals surface area contributed by atoms with Gasteiger partial charge in [0.1, 0.15) is 5.75 Å². The van der Waals surface area contributed by atoms with Gasteiger partial charge in [0, 0.05) is 11.1 Å². The standard InChI is InChI=1S/C24H19F2N3O2S/c25-23(26)31-19-14-8-7-13-18(19)27-20(30)15-32-24-28-21(16-9-3-1-4-10-16)22(29-24)17-11-5-2-6-12-17/h1-14,23H,15H2,(H,27,30)(H,28,29). The third-order valence-corrected chi connectivity index (χ3v) is 5.38. The molecule has 4 rings (SSSR count). The van der Waals surface area contributed by atoms with Crippen molar-refractivity contribution in [3.8, 4) is 28.3 Å². The van der Waals surface area contributed by atoms with E-state index in [1.165, 1.54) is 23.9 Å². The van der Waals surface area contributed by atoms with Crippen molar-refractivity contribution in [1.82, 2.24) is 9.97 Å². The first-order chi connectivity index (χ1) is 15.6. The predicted octanol–water partition coefficient (Wildman–Crippen LogP) is 6.08. The fraction of sp³-hybridized carbons (Fsp3) is 0.0833. The minimum Gasteiger partial charge on any atom is -0.433 e.